The van der Waals surface area contributed by atoms with Crippen molar-refractivity contribution in [3.63, 3.8) is 0 Å². The van der Waals surface area contributed by atoms with Crippen molar-refractivity contribution in [2.75, 3.05) is 13.2 Å². The summed E-state index contributed by atoms with van der Waals surface area (Å²) in [4.78, 5) is 23.4. The lowest BCUT2D eigenvalue weighted by molar-refractivity contribution is 0.0679. The molecule has 2 atom stereocenters. The second kappa shape index (κ2) is 7.92. The largest absolute Gasteiger partial charge is 0.491 e. The van der Waals surface area contributed by atoms with E-state index in [9.17, 15) is 9.59 Å². The fourth-order valence-electron chi connectivity index (χ4n) is 3.75. The Balaban J connectivity index is 1.31. The van der Waals surface area contributed by atoms with Crippen LogP contribution in [0.2, 0.25) is 0 Å². The molecule has 0 radical (unpaired) electrons. The molecule has 1 fully saturated rings. The van der Waals surface area contributed by atoms with Crippen molar-refractivity contribution in [3.05, 3.63) is 64.7 Å². The molecule has 0 spiro atoms. The molecule has 1 heterocycles. The van der Waals surface area contributed by atoms with E-state index in [1.54, 1.807) is 12.1 Å². The third kappa shape index (κ3) is 4.19. The SMILES string of the molecule is O=Cc1ccc2c(c1)CC(NC(=O)c1ccc(OCC3CCCO3)cc1)C2. The van der Waals surface area contributed by atoms with Crippen LogP contribution in [0.4, 0.5) is 0 Å². The lowest BCUT2D eigenvalue weighted by Crippen LogP contribution is -2.35. The van der Waals surface area contributed by atoms with E-state index in [0.717, 1.165) is 49.9 Å². The molecule has 2 aromatic rings. The normalized spacial score (nSPS) is 20.9. The molecule has 2 unspecified atom stereocenters. The number of fused-ring (bicyclic) bond motifs is 1. The predicted molar refractivity (Wildman–Crippen MR) is 101 cm³/mol. The van der Waals surface area contributed by atoms with Crippen molar-refractivity contribution < 1.29 is 19.1 Å². The smallest absolute Gasteiger partial charge is 0.251 e. The van der Waals surface area contributed by atoms with Gasteiger partial charge in [-0.05, 0) is 67.1 Å². The maximum Gasteiger partial charge on any atom is 0.251 e. The van der Waals surface area contributed by atoms with Gasteiger partial charge in [0.05, 0.1) is 6.10 Å². The van der Waals surface area contributed by atoms with Gasteiger partial charge in [0.2, 0.25) is 0 Å². The first kappa shape index (κ1) is 17.7. The number of benzene rings is 2. The number of carbonyl (C=O) groups excluding carboxylic acids is 2. The number of rotatable bonds is 6. The highest BCUT2D eigenvalue weighted by atomic mass is 16.5. The second-order valence-electron chi connectivity index (χ2n) is 7.20. The van der Waals surface area contributed by atoms with Crippen molar-refractivity contribution in [2.45, 2.75) is 37.8 Å². The van der Waals surface area contributed by atoms with E-state index in [4.69, 9.17) is 9.47 Å². The van der Waals surface area contributed by atoms with Gasteiger partial charge < -0.3 is 14.8 Å². The Bertz CT molecular complexity index is 825. The first-order valence-electron chi connectivity index (χ1n) is 9.43. The Morgan fingerprint density at radius 1 is 1.15 bits per heavy atom. The molecule has 1 amide bonds. The van der Waals surface area contributed by atoms with Crippen LogP contribution in [0, 0.1) is 0 Å². The van der Waals surface area contributed by atoms with E-state index >= 15 is 0 Å². The molecule has 5 nitrogen and oxygen atoms in total. The van der Waals surface area contributed by atoms with E-state index in [0.29, 0.717) is 17.7 Å². The van der Waals surface area contributed by atoms with Gasteiger partial charge in [-0.1, -0.05) is 12.1 Å². The summed E-state index contributed by atoms with van der Waals surface area (Å²) in [5.41, 5.74) is 3.63. The van der Waals surface area contributed by atoms with Crippen LogP contribution in [-0.2, 0) is 17.6 Å². The van der Waals surface area contributed by atoms with Crippen LogP contribution in [0.15, 0.2) is 42.5 Å². The Morgan fingerprint density at radius 2 is 1.96 bits per heavy atom. The molecule has 1 aliphatic heterocycles. The summed E-state index contributed by atoms with van der Waals surface area (Å²) < 4.78 is 11.3. The number of hydrogen-bond donors (Lipinski definition) is 1. The van der Waals surface area contributed by atoms with Gasteiger partial charge in [0.15, 0.2) is 0 Å². The van der Waals surface area contributed by atoms with Gasteiger partial charge in [0, 0.05) is 23.8 Å². The molecule has 27 heavy (non-hydrogen) atoms. The van der Waals surface area contributed by atoms with Gasteiger partial charge >= 0.3 is 0 Å². The van der Waals surface area contributed by atoms with Crippen LogP contribution >= 0.6 is 0 Å². The van der Waals surface area contributed by atoms with Crippen LogP contribution in [0.25, 0.3) is 0 Å². The number of nitrogens with one attached hydrogen (secondary N) is 1. The summed E-state index contributed by atoms with van der Waals surface area (Å²) in [5.74, 6) is 0.658. The van der Waals surface area contributed by atoms with Crippen LogP contribution in [0.3, 0.4) is 0 Å². The monoisotopic (exact) mass is 365 g/mol. The van der Waals surface area contributed by atoms with Crippen molar-refractivity contribution in [1.82, 2.24) is 5.32 Å². The van der Waals surface area contributed by atoms with E-state index in [1.807, 2.05) is 30.3 Å². The summed E-state index contributed by atoms with van der Waals surface area (Å²) in [6, 6.07) is 13.0. The minimum Gasteiger partial charge on any atom is -0.491 e. The number of hydrogen-bond acceptors (Lipinski definition) is 4. The minimum absolute atomic E-state index is 0.0600. The Hall–Kier alpha value is -2.66. The first-order valence-corrected chi connectivity index (χ1v) is 9.43. The third-order valence-electron chi connectivity index (χ3n) is 5.21. The quantitative estimate of drug-likeness (QED) is 0.800. The maximum atomic E-state index is 12.5. The molecule has 2 aliphatic rings. The second-order valence-corrected chi connectivity index (χ2v) is 7.20. The highest BCUT2D eigenvalue weighted by molar-refractivity contribution is 5.94. The fourth-order valence-corrected chi connectivity index (χ4v) is 3.75. The lowest BCUT2D eigenvalue weighted by atomic mass is 10.1. The zero-order chi connectivity index (χ0) is 18.6. The third-order valence-corrected chi connectivity index (χ3v) is 5.21. The number of amides is 1. The molecule has 140 valence electrons. The fraction of sp³-hybridized carbons (Fsp3) is 0.364. The lowest BCUT2D eigenvalue weighted by Gasteiger charge is -2.13. The molecular weight excluding hydrogens is 342 g/mol. The zero-order valence-corrected chi connectivity index (χ0v) is 15.1. The molecule has 2 aromatic carbocycles. The Kier molecular flexibility index (Phi) is 5.21. The summed E-state index contributed by atoms with van der Waals surface area (Å²) in [6.07, 6.45) is 4.72. The zero-order valence-electron chi connectivity index (χ0n) is 15.1. The average molecular weight is 365 g/mol. The summed E-state index contributed by atoms with van der Waals surface area (Å²) in [6.45, 7) is 1.36. The molecular formula is C22H23NO4. The van der Waals surface area contributed by atoms with Gasteiger partial charge in [-0.25, -0.2) is 0 Å². The van der Waals surface area contributed by atoms with E-state index < -0.39 is 0 Å². The molecule has 0 bridgehead atoms. The maximum absolute atomic E-state index is 12.5. The van der Waals surface area contributed by atoms with Crippen LogP contribution < -0.4 is 10.1 Å². The average Bonchev–Trinajstić information content (AvgIpc) is 3.35. The molecule has 1 aliphatic carbocycles. The predicted octanol–water partition coefficient (Wildman–Crippen LogP) is 2.95. The van der Waals surface area contributed by atoms with E-state index in [2.05, 4.69) is 5.32 Å². The molecule has 0 aromatic heterocycles. The van der Waals surface area contributed by atoms with Crippen LogP contribution in [0.1, 0.15) is 44.7 Å². The van der Waals surface area contributed by atoms with Gasteiger partial charge in [-0.2, -0.15) is 0 Å². The summed E-state index contributed by atoms with van der Waals surface area (Å²) in [5, 5.41) is 3.09. The molecule has 0 saturated carbocycles. The molecule has 5 heteroatoms. The number of aldehydes is 1. The van der Waals surface area contributed by atoms with Gasteiger partial charge in [0.1, 0.15) is 18.6 Å². The Labute approximate surface area is 158 Å². The van der Waals surface area contributed by atoms with Crippen LogP contribution in [-0.4, -0.2) is 37.6 Å². The van der Waals surface area contributed by atoms with Crippen molar-refractivity contribution in [3.8, 4) is 5.75 Å². The van der Waals surface area contributed by atoms with E-state index in [-0.39, 0.29) is 18.1 Å². The van der Waals surface area contributed by atoms with Crippen molar-refractivity contribution >= 4 is 12.2 Å². The summed E-state index contributed by atoms with van der Waals surface area (Å²) >= 11 is 0. The van der Waals surface area contributed by atoms with E-state index in [1.165, 1.54) is 5.56 Å². The summed E-state index contributed by atoms with van der Waals surface area (Å²) in [7, 11) is 0. The first-order chi connectivity index (χ1) is 13.2. The molecule has 4 rings (SSSR count). The van der Waals surface area contributed by atoms with Crippen molar-refractivity contribution in [1.29, 1.82) is 0 Å². The minimum atomic E-state index is -0.0888. The van der Waals surface area contributed by atoms with Gasteiger partial charge in [0.25, 0.3) is 5.91 Å². The number of ether oxygens (including phenoxy) is 2. The van der Waals surface area contributed by atoms with Gasteiger partial charge in [-0.15, -0.1) is 0 Å². The Morgan fingerprint density at radius 3 is 2.70 bits per heavy atom. The highest BCUT2D eigenvalue weighted by Gasteiger charge is 2.23. The molecule has 1 saturated heterocycles. The standard InChI is InChI=1S/C22H23NO4/c24-13-15-3-4-17-11-19(12-18(17)10-15)23-22(25)16-5-7-20(8-6-16)27-14-21-2-1-9-26-21/h3-8,10,13,19,21H,1-2,9,11-12,14H2,(H,23,25). The molecule has 1 N–H and O–H groups in total. The van der Waals surface area contributed by atoms with Crippen LogP contribution in [0.5, 0.6) is 5.75 Å². The highest BCUT2D eigenvalue weighted by Crippen LogP contribution is 2.23. The van der Waals surface area contributed by atoms with Gasteiger partial charge in [-0.3, -0.25) is 9.59 Å². The van der Waals surface area contributed by atoms with Crippen molar-refractivity contribution in [2.24, 2.45) is 0 Å². The topological polar surface area (TPSA) is 64.6 Å². The number of carbonyl (C=O) groups is 2.